The summed E-state index contributed by atoms with van der Waals surface area (Å²) >= 11 is 0.923. The fourth-order valence-corrected chi connectivity index (χ4v) is 2.60. The molecule has 0 radical (unpaired) electrons. The zero-order chi connectivity index (χ0) is 15.3. The van der Waals surface area contributed by atoms with E-state index in [1.807, 2.05) is 0 Å². The summed E-state index contributed by atoms with van der Waals surface area (Å²) in [6, 6.07) is 4.87. The van der Waals surface area contributed by atoms with E-state index in [0.29, 0.717) is 16.0 Å². The lowest BCUT2D eigenvalue weighted by Gasteiger charge is -1.99. The monoisotopic (exact) mass is 327 g/mol. The van der Waals surface area contributed by atoms with Crippen LogP contribution < -0.4 is 0 Å². The molecule has 0 N–H and O–H groups in total. The molecule has 0 saturated heterocycles. The molecule has 0 unspecified atom stereocenters. The maximum absolute atomic E-state index is 12.7. The quantitative estimate of drug-likeness (QED) is 0.562. The van der Waals surface area contributed by atoms with Gasteiger partial charge in [-0.3, -0.25) is 0 Å². The maximum Gasteiger partial charge on any atom is 0.453 e. The van der Waals surface area contributed by atoms with Crippen LogP contribution in [0.2, 0.25) is 0 Å². The van der Waals surface area contributed by atoms with Crippen LogP contribution in [0.1, 0.15) is 5.82 Å². The molecule has 4 heterocycles. The predicted molar refractivity (Wildman–Crippen MR) is 66.9 cm³/mol. The van der Waals surface area contributed by atoms with Gasteiger partial charge in [-0.2, -0.15) is 22.8 Å². The molecular formula is C11H4F3N5O2S. The van der Waals surface area contributed by atoms with Gasteiger partial charge in [0.1, 0.15) is 5.69 Å². The Morgan fingerprint density at radius 2 is 2.05 bits per heavy atom. The fourth-order valence-electron chi connectivity index (χ4n) is 1.81. The first-order valence-electron chi connectivity index (χ1n) is 5.83. The van der Waals surface area contributed by atoms with Crippen LogP contribution in [0.15, 0.2) is 33.4 Å². The van der Waals surface area contributed by atoms with Crippen LogP contribution in [0, 0.1) is 0 Å². The van der Waals surface area contributed by atoms with Gasteiger partial charge in [-0.25, -0.2) is 0 Å². The van der Waals surface area contributed by atoms with Gasteiger partial charge in [0.25, 0.3) is 5.82 Å². The average molecular weight is 327 g/mol. The summed E-state index contributed by atoms with van der Waals surface area (Å²) in [4.78, 5) is 0.0184. The van der Waals surface area contributed by atoms with Gasteiger partial charge in [0, 0.05) is 6.07 Å². The summed E-state index contributed by atoms with van der Waals surface area (Å²) in [7, 11) is 0. The molecule has 4 aromatic rings. The largest absolute Gasteiger partial charge is 0.461 e. The van der Waals surface area contributed by atoms with Crippen molar-refractivity contribution in [3.05, 3.63) is 30.3 Å². The third-order valence-corrected chi connectivity index (χ3v) is 3.66. The van der Waals surface area contributed by atoms with Crippen LogP contribution in [0.25, 0.3) is 27.2 Å². The summed E-state index contributed by atoms with van der Waals surface area (Å²) in [6.45, 7) is 0. The van der Waals surface area contributed by atoms with Crippen molar-refractivity contribution in [3.63, 3.8) is 0 Å². The Labute approximate surface area is 123 Å². The van der Waals surface area contributed by atoms with Crippen molar-refractivity contribution < 1.29 is 22.1 Å². The van der Waals surface area contributed by atoms with Gasteiger partial charge in [-0.15, -0.1) is 10.2 Å². The highest BCUT2D eigenvalue weighted by Gasteiger charge is 2.38. The summed E-state index contributed by atoms with van der Waals surface area (Å²) in [6.07, 6.45) is -3.16. The van der Waals surface area contributed by atoms with Gasteiger partial charge in [0.2, 0.25) is 10.7 Å². The number of rotatable bonds is 2. The average Bonchev–Trinajstić information content (AvgIpc) is 3.20. The molecule has 0 amide bonds. The first kappa shape index (κ1) is 13.0. The lowest BCUT2D eigenvalue weighted by atomic mass is 10.3. The lowest BCUT2D eigenvalue weighted by molar-refractivity contribution is -0.146. The van der Waals surface area contributed by atoms with Crippen molar-refractivity contribution in [2.24, 2.45) is 0 Å². The van der Waals surface area contributed by atoms with Gasteiger partial charge in [0.15, 0.2) is 10.8 Å². The Morgan fingerprint density at radius 1 is 1.18 bits per heavy atom. The number of hydrogen-bond acceptors (Lipinski definition) is 7. The van der Waals surface area contributed by atoms with Crippen LogP contribution in [-0.2, 0) is 6.18 Å². The highest BCUT2D eigenvalue weighted by molar-refractivity contribution is 7.19. The second-order valence-electron chi connectivity index (χ2n) is 4.18. The van der Waals surface area contributed by atoms with Gasteiger partial charge in [-0.05, 0) is 12.1 Å². The molecule has 22 heavy (non-hydrogen) atoms. The summed E-state index contributed by atoms with van der Waals surface area (Å²) in [5.41, 5.74) is 0.287. The van der Waals surface area contributed by atoms with E-state index < -0.39 is 12.0 Å². The van der Waals surface area contributed by atoms with E-state index in [9.17, 15) is 13.2 Å². The van der Waals surface area contributed by atoms with Crippen molar-refractivity contribution in [1.82, 2.24) is 25.0 Å². The minimum absolute atomic E-state index is 0.0184. The van der Waals surface area contributed by atoms with Crippen LogP contribution in [-0.4, -0.2) is 25.0 Å². The molecule has 0 saturated carbocycles. The third kappa shape index (κ3) is 1.97. The molecule has 11 heteroatoms. The molecule has 0 aromatic carbocycles. The van der Waals surface area contributed by atoms with E-state index in [4.69, 9.17) is 8.94 Å². The third-order valence-electron chi connectivity index (χ3n) is 2.74. The van der Waals surface area contributed by atoms with E-state index in [1.54, 1.807) is 12.1 Å². The first-order chi connectivity index (χ1) is 10.5. The molecule has 0 aliphatic carbocycles. The van der Waals surface area contributed by atoms with E-state index in [2.05, 4.69) is 20.5 Å². The Bertz CT molecular complexity index is 937. The van der Waals surface area contributed by atoms with Gasteiger partial charge in [-0.1, -0.05) is 16.5 Å². The molecular weight excluding hydrogens is 323 g/mol. The Hall–Kier alpha value is -2.69. The Balaban J connectivity index is 1.77. The molecule has 0 fully saturated rings. The van der Waals surface area contributed by atoms with E-state index in [-0.39, 0.29) is 15.7 Å². The lowest BCUT2D eigenvalue weighted by Crippen LogP contribution is -2.11. The second-order valence-corrected chi connectivity index (χ2v) is 5.13. The molecule has 0 aliphatic rings. The molecule has 0 atom stereocenters. The minimum Gasteiger partial charge on any atom is -0.461 e. The molecule has 4 rings (SSSR count). The number of halogens is 3. The van der Waals surface area contributed by atoms with E-state index >= 15 is 0 Å². The zero-order valence-corrected chi connectivity index (χ0v) is 11.2. The Kier molecular flexibility index (Phi) is 2.60. The normalized spacial score (nSPS) is 12.3. The molecule has 7 nitrogen and oxygen atoms in total. The molecule has 112 valence electrons. The minimum atomic E-state index is -4.63. The van der Waals surface area contributed by atoms with Crippen LogP contribution in [0.4, 0.5) is 13.2 Å². The smallest absolute Gasteiger partial charge is 0.453 e. The number of furan rings is 1. The molecule has 0 spiro atoms. The van der Waals surface area contributed by atoms with Crippen molar-refractivity contribution in [1.29, 1.82) is 0 Å². The Morgan fingerprint density at radius 3 is 2.77 bits per heavy atom. The van der Waals surface area contributed by atoms with Crippen LogP contribution in [0.5, 0.6) is 0 Å². The maximum atomic E-state index is 12.7. The van der Waals surface area contributed by atoms with Gasteiger partial charge < -0.3 is 8.94 Å². The fraction of sp³-hybridized carbons (Fsp3) is 0.0909. The first-order valence-corrected chi connectivity index (χ1v) is 6.64. The second kappa shape index (κ2) is 4.40. The number of aromatic nitrogens is 5. The summed E-state index contributed by atoms with van der Waals surface area (Å²) in [5, 5.41) is 14.4. The highest BCUT2D eigenvalue weighted by atomic mass is 32.1. The molecule has 0 aliphatic heterocycles. The van der Waals surface area contributed by atoms with Crippen molar-refractivity contribution >= 4 is 16.3 Å². The summed E-state index contributed by atoms with van der Waals surface area (Å²) in [5.74, 6) is -0.375. The highest BCUT2D eigenvalue weighted by Crippen LogP contribution is 2.32. The van der Waals surface area contributed by atoms with Crippen LogP contribution in [0.3, 0.4) is 0 Å². The van der Waals surface area contributed by atoms with Crippen LogP contribution >= 0.6 is 11.3 Å². The SMILES string of the molecule is FC(F)(F)c1nnc2sc(-c3cc(-c4ccco4)on3)nn12. The van der Waals surface area contributed by atoms with Gasteiger partial charge >= 0.3 is 6.18 Å². The topological polar surface area (TPSA) is 82.2 Å². The van der Waals surface area contributed by atoms with Crippen molar-refractivity contribution in [2.75, 3.05) is 0 Å². The standard InChI is InChI=1S/C11H4F3N5O2S/c12-11(13,14)9-15-16-10-19(9)17-8(22-10)5-4-7(21-18-5)6-2-1-3-20-6/h1-4H. The zero-order valence-electron chi connectivity index (χ0n) is 10.4. The number of fused-ring (bicyclic) bond motifs is 1. The van der Waals surface area contributed by atoms with E-state index in [1.165, 1.54) is 12.3 Å². The predicted octanol–water partition coefficient (Wildman–Crippen LogP) is 3.12. The van der Waals surface area contributed by atoms with E-state index in [0.717, 1.165) is 11.3 Å². The van der Waals surface area contributed by atoms with Crippen molar-refractivity contribution in [3.8, 4) is 22.2 Å². The molecule has 4 aromatic heterocycles. The number of alkyl halides is 3. The number of nitrogens with zero attached hydrogens (tertiary/aromatic N) is 5. The molecule has 0 bridgehead atoms. The van der Waals surface area contributed by atoms with Gasteiger partial charge in [0.05, 0.1) is 6.26 Å². The summed E-state index contributed by atoms with van der Waals surface area (Å²) < 4.78 is 49.1. The number of hydrogen-bond donors (Lipinski definition) is 0. The van der Waals surface area contributed by atoms with Crippen molar-refractivity contribution in [2.45, 2.75) is 6.18 Å².